The zero-order valence-corrected chi connectivity index (χ0v) is 36.6. The predicted molar refractivity (Wildman–Crippen MR) is 260 cm³/mol. The number of para-hydroxylation sites is 2. The smallest absolute Gasteiger partial charge is 0.149 e. The Labute approximate surface area is 373 Å². The van der Waals surface area contributed by atoms with Gasteiger partial charge in [0.25, 0.3) is 0 Å². The number of phenolic OH excluding ortho intramolecular Hbond substituents is 1. The van der Waals surface area contributed by atoms with Crippen molar-refractivity contribution in [3.63, 3.8) is 0 Å². The van der Waals surface area contributed by atoms with Crippen LogP contribution >= 0.6 is 0 Å². The van der Waals surface area contributed by atoms with Gasteiger partial charge in [0.2, 0.25) is 0 Å². The third-order valence-electron chi connectivity index (χ3n) is 11.8. The largest absolute Gasteiger partial charge is 0.507 e. The van der Waals surface area contributed by atoms with E-state index in [0.717, 1.165) is 50.2 Å². The summed E-state index contributed by atoms with van der Waals surface area (Å²) in [6.45, 7) is 17.0. The Hall–Kier alpha value is -7.04. The number of benzene rings is 7. The number of imidazole rings is 1. The molecule has 4 heteroatoms. The van der Waals surface area contributed by atoms with Crippen molar-refractivity contribution in [3.05, 3.63) is 192 Å². The van der Waals surface area contributed by atoms with E-state index in [-0.39, 0.29) is 28.8 Å². The summed E-state index contributed by atoms with van der Waals surface area (Å²) in [7, 11) is 0. The Morgan fingerprint density at radius 2 is 1.21 bits per heavy atom. The molecule has 0 bridgehead atoms. The Balaban J connectivity index is 1.38. The Kier molecular flexibility index (Phi) is 8.81. The molecule has 306 valence electrons. The molecule has 0 radical (unpaired) electrons. The third kappa shape index (κ3) is 7.51. The van der Waals surface area contributed by atoms with Crippen LogP contribution in [0.1, 0.15) is 70.7 Å². The van der Waals surface area contributed by atoms with Crippen LogP contribution in [0, 0.1) is 13.8 Å². The Morgan fingerprint density at radius 1 is 0.548 bits per heavy atom. The van der Waals surface area contributed by atoms with Crippen LogP contribution in [0.3, 0.4) is 0 Å². The molecule has 7 aromatic carbocycles. The molecule has 9 aromatic rings. The maximum atomic E-state index is 12.5. The van der Waals surface area contributed by atoms with E-state index in [9.17, 15) is 5.11 Å². The molecule has 0 saturated heterocycles. The summed E-state index contributed by atoms with van der Waals surface area (Å²) < 4.78 is 45.7. The van der Waals surface area contributed by atoms with Crippen molar-refractivity contribution in [2.45, 2.75) is 66.2 Å². The van der Waals surface area contributed by atoms with E-state index < -0.39 is 23.5 Å². The molecule has 0 aliphatic carbocycles. The van der Waals surface area contributed by atoms with E-state index in [4.69, 9.17) is 16.8 Å². The second-order valence-corrected chi connectivity index (χ2v) is 18.2. The number of phenols is 1. The van der Waals surface area contributed by atoms with Gasteiger partial charge in [-0.05, 0) is 123 Å². The summed E-state index contributed by atoms with van der Waals surface area (Å²) in [5.41, 5.74) is 14.1. The first kappa shape index (κ1) is 34.6. The van der Waals surface area contributed by atoms with Crippen LogP contribution in [-0.4, -0.2) is 19.6 Å². The number of aromatic nitrogens is 3. The van der Waals surface area contributed by atoms with Crippen LogP contribution in [0.4, 0.5) is 0 Å². The van der Waals surface area contributed by atoms with Crippen molar-refractivity contribution in [1.29, 1.82) is 0 Å². The molecule has 0 amide bonds. The summed E-state index contributed by atoms with van der Waals surface area (Å²) >= 11 is 0. The molecule has 2 heterocycles. The number of nitrogens with zero attached hydrogens (tertiary/aromatic N) is 3. The zero-order chi connectivity index (χ0) is 47.7. The molecule has 0 atom stereocenters. The molecule has 1 N–H and O–H groups in total. The fraction of sp³-hybridized carbons (Fsp3) is 0.172. The SMILES string of the molecule is [2H]c1c([2H])c([2H])c(-c2ccccc2-n2c(-c3cc(C(C)(C)C)cc(C(C)(C)C)c3O)nc3c(-c4cc(-c5ccccc5)cc(-c5cc(-c6c(C)cccc6C)ccn5)c4)cccc32)c([2H])c1[2H]. The van der Waals surface area contributed by atoms with Gasteiger partial charge in [-0.15, -0.1) is 0 Å². The maximum absolute atomic E-state index is 12.5. The minimum Gasteiger partial charge on any atom is -0.507 e. The van der Waals surface area contributed by atoms with Crippen molar-refractivity contribution in [2.24, 2.45) is 0 Å². The summed E-state index contributed by atoms with van der Waals surface area (Å²) in [5.74, 6) is 0.542. The van der Waals surface area contributed by atoms with Crippen molar-refractivity contribution in [2.75, 3.05) is 0 Å². The average molecular weight is 813 g/mol. The van der Waals surface area contributed by atoms with Gasteiger partial charge in [-0.3, -0.25) is 9.55 Å². The average Bonchev–Trinajstić information content (AvgIpc) is 3.69. The molecule has 4 nitrogen and oxygen atoms in total. The molecule has 0 fully saturated rings. The number of rotatable bonds is 7. The zero-order valence-electron chi connectivity index (χ0n) is 41.6. The Morgan fingerprint density at radius 3 is 1.94 bits per heavy atom. The van der Waals surface area contributed by atoms with Crippen LogP contribution in [0.25, 0.3) is 83.9 Å². The van der Waals surface area contributed by atoms with Gasteiger partial charge in [-0.1, -0.05) is 157 Å². The highest BCUT2D eigenvalue weighted by atomic mass is 16.3. The molecule has 0 saturated carbocycles. The van der Waals surface area contributed by atoms with Gasteiger partial charge >= 0.3 is 0 Å². The molecular weight excluding hydrogens is 755 g/mol. The quantitative estimate of drug-likeness (QED) is 0.174. The predicted octanol–water partition coefficient (Wildman–Crippen LogP) is 15.3. The first-order valence-electron chi connectivity index (χ1n) is 23.6. The molecule has 9 rings (SSSR count). The monoisotopic (exact) mass is 812 g/mol. The topological polar surface area (TPSA) is 50.9 Å². The van der Waals surface area contributed by atoms with Gasteiger partial charge in [0.15, 0.2) is 0 Å². The molecule has 0 spiro atoms. The summed E-state index contributed by atoms with van der Waals surface area (Å²) in [6, 6.07) is 42.9. The highest BCUT2D eigenvalue weighted by Crippen LogP contribution is 2.46. The van der Waals surface area contributed by atoms with E-state index in [1.807, 2.05) is 59.3 Å². The first-order chi connectivity index (χ1) is 31.8. The van der Waals surface area contributed by atoms with E-state index >= 15 is 0 Å². The lowest BCUT2D eigenvalue weighted by molar-refractivity contribution is 0.446. The van der Waals surface area contributed by atoms with E-state index in [1.54, 1.807) is 12.1 Å². The fourth-order valence-corrected chi connectivity index (χ4v) is 8.57. The number of fused-ring (bicyclic) bond motifs is 1. The van der Waals surface area contributed by atoms with Crippen molar-refractivity contribution in [1.82, 2.24) is 14.5 Å². The second kappa shape index (κ2) is 15.8. The highest BCUT2D eigenvalue weighted by Gasteiger charge is 2.29. The number of hydrogen-bond acceptors (Lipinski definition) is 3. The van der Waals surface area contributed by atoms with Gasteiger partial charge in [-0.25, -0.2) is 4.98 Å². The number of hydrogen-bond donors (Lipinski definition) is 1. The van der Waals surface area contributed by atoms with Crippen LogP contribution < -0.4 is 0 Å². The minimum atomic E-state index is -0.461. The lowest BCUT2D eigenvalue weighted by atomic mass is 9.79. The molecule has 2 aromatic heterocycles. The summed E-state index contributed by atoms with van der Waals surface area (Å²) in [4.78, 5) is 10.5. The summed E-state index contributed by atoms with van der Waals surface area (Å²) in [6.07, 6.45) is 1.87. The lowest BCUT2D eigenvalue weighted by Gasteiger charge is -2.27. The van der Waals surface area contributed by atoms with Crippen molar-refractivity contribution >= 4 is 11.0 Å². The van der Waals surface area contributed by atoms with Crippen LogP contribution in [-0.2, 0) is 10.8 Å². The van der Waals surface area contributed by atoms with Gasteiger partial charge in [0.1, 0.15) is 11.6 Å². The molecular formula is C58H53N3O. The van der Waals surface area contributed by atoms with Crippen molar-refractivity contribution < 1.29 is 12.0 Å². The van der Waals surface area contributed by atoms with Crippen molar-refractivity contribution in [3.8, 4) is 78.6 Å². The maximum Gasteiger partial charge on any atom is 0.149 e. The molecule has 0 aliphatic rings. The summed E-state index contributed by atoms with van der Waals surface area (Å²) in [5, 5.41) is 12.5. The van der Waals surface area contributed by atoms with Gasteiger partial charge in [0, 0.05) is 28.5 Å². The Bertz CT molecular complexity index is 3370. The first-order valence-corrected chi connectivity index (χ1v) is 21.1. The number of pyridine rings is 1. The number of aryl methyl sites for hydroxylation is 2. The second-order valence-electron chi connectivity index (χ2n) is 18.2. The lowest BCUT2D eigenvalue weighted by Crippen LogP contribution is -2.17. The van der Waals surface area contributed by atoms with Crippen LogP contribution in [0.2, 0.25) is 0 Å². The van der Waals surface area contributed by atoms with Gasteiger partial charge in [0.05, 0.1) is 34.8 Å². The highest BCUT2D eigenvalue weighted by molar-refractivity contribution is 5.98. The molecule has 0 unspecified atom stereocenters. The van der Waals surface area contributed by atoms with Crippen LogP contribution in [0.5, 0.6) is 5.75 Å². The molecule has 0 aliphatic heterocycles. The number of aromatic hydroxyl groups is 1. The van der Waals surface area contributed by atoms with Crippen LogP contribution in [0.15, 0.2) is 170 Å². The van der Waals surface area contributed by atoms with Gasteiger partial charge in [-0.2, -0.15) is 0 Å². The third-order valence-corrected chi connectivity index (χ3v) is 11.8. The van der Waals surface area contributed by atoms with E-state index in [2.05, 4.69) is 128 Å². The van der Waals surface area contributed by atoms with Gasteiger partial charge < -0.3 is 5.11 Å². The fourth-order valence-electron chi connectivity index (χ4n) is 8.57. The minimum absolute atomic E-state index is 0.0735. The van der Waals surface area contributed by atoms with E-state index in [0.29, 0.717) is 33.7 Å². The molecule has 62 heavy (non-hydrogen) atoms. The van der Waals surface area contributed by atoms with E-state index in [1.165, 1.54) is 16.7 Å². The normalized spacial score (nSPS) is 13.1. The standard InChI is InChI=1S/C58H53N3O/c1-37-19-17-20-38(2)53(37)41-29-30-59-50(34-41)44-32-42(39-21-11-9-12-22-39)31-43(33-44)47-26-18-28-52-54(47)60-56(48-35-45(57(3,4)5)36-49(55(48)62)58(6,7)8)61(52)51-27-16-15-25-46(51)40-23-13-10-14-24-40/h9-36,62H,1-8H3/i10D,13D,14D,23D,24D.